The van der Waals surface area contributed by atoms with Crippen LogP contribution in [-0.2, 0) is 14.4 Å². The molecule has 3 fully saturated rings. The lowest BCUT2D eigenvalue weighted by Crippen LogP contribution is -2.56. The maximum Gasteiger partial charge on any atom is 0.181 e. The number of Topliss-reactive ketones (excluding diaryl/α,β-unsaturated/α-hetero) is 1. The average Bonchev–Trinajstić information content (AvgIpc) is 2.89. The zero-order valence-corrected chi connectivity index (χ0v) is 13.6. The molecular formula is C19H24O3. The molecule has 0 aromatic heterocycles. The summed E-state index contributed by atoms with van der Waals surface area (Å²) in [5.74, 6) is 1.87. The van der Waals surface area contributed by atoms with Crippen molar-refractivity contribution in [3.63, 3.8) is 0 Å². The van der Waals surface area contributed by atoms with Gasteiger partial charge in [-0.15, -0.1) is 0 Å². The van der Waals surface area contributed by atoms with Crippen molar-refractivity contribution < 1.29 is 14.4 Å². The van der Waals surface area contributed by atoms with Crippen molar-refractivity contribution in [1.29, 1.82) is 0 Å². The maximum absolute atomic E-state index is 12.6. The Kier molecular flexibility index (Phi) is 3.50. The molecule has 3 aliphatic rings. The Labute approximate surface area is 131 Å². The standard InChI is InChI=1S/C19H24O3/c1-10-5-7-14-17(10)18-13(9-16(22)19(14,18)4)12(3)15(21)8-6-11(2)20/h6,8,10,13-14,17-18H,3,5,7,9H2,1-2,4H3/b8-6+/t10-,13+,14+,17-,18+,19+/m1/s1. The van der Waals surface area contributed by atoms with Crippen LogP contribution < -0.4 is 0 Å². The second-order valence-corrected chi connectivity index (χ2v) is 7.61. The van der Waals surface area contributed by atoms with Crippen LogP contribution in [0, 0.1) is 35.0 Å². The first-order chi connectivity index (χ1) is 10.3. The summed E-state index contributed by atoms with van der Waals surface area (Å²) in [5, 5.41) is 0. The van der Waals surface area contributed by atoms with E-state index in [-0.39, 0.29) is 28.8 Å². The molecule has 0 unspecified atom stereocenters. The predicted molar refractivity (Wildman–Crippen MR) is 84.1 cm³/mol. The number of ketones is 3. The minimum absolute atomic E-state index is 0.0385. The second-order valence-electron chi connectivity index (χ2n) is 7.61. The van der Waals surface area contributed by atoms with Gasteiger partial charge in [0.25, 0.3) is 0 Å². The third-order valence-corrected chi connectivity index (χ3v) is 6.61. The Hall–Kier alpha value is -1.51. The fourth-order valence-electron chi connectivity index (χ4n) is 5.50. The highest BCUT2D eigenvalue weighted by Gasteiger charge is 2.71. The van der Waals surface area contributed by atoms with Crippen LogP contribution in [0.15, 0.2) is 24.3 Å². The molecule has 0 aromatic carbocycles. The number of carbonyl (C=O) groups excluding carboxylic acids is 3. The molecule has 0 radical (unpaired) electrons. The summed E-state index contributed by atoms with van der Waals surface area (Å²) in [6.07, 6.45) is 5.36. The highest BCUT2D eigenvalue weighted by Crippen LogP contribution is 2.71. The smallest absolute Gasteiger partial charge is 0.181 e. The molecule has 0 bridgehead atoms. The third kappa shape index (κ3) is 1.90. The fraction of sp³-hybridized carbons (Fsp3) is 0.632. The fourth-order valence-corrected chi connectivity index (χ4v) is 5.50. The summed E-state index contributed by atoms with van der Waals surface area (Å²) in [6, 6.07) is 0. The molecule has 0 aliphatic heterocycles. The molecule has 118 valence electrons. The number of rotatable bonds is 4. The molecule has 22 heavy (non-hydrogen) atoms. The number of carbonyl (C=O) groups is 3. The molecule has 3 aliphatic carbocycles. The van der Waals surface area contributed by atoms with Gasteiger partial charge in [-0.3, -0.25) is 14.4 Å². The number of hydrogen-bond donors (Lipinski definition) is 0. The van der Waals surface area contributed by atoms with E-state index in [1.807, 2.05) is 0 Å². The predicted octanol–water partition coefficient (Wildman–Crippen LogP) is 3.14. The van der Waals surface area contributed by atoms with E-state index in [2.05, 4.69) is 20.4 Å². The average molecular weight is 300 g/mol. The monoisotopic (exact) mass is 300 g/mol. The van der Waals surface area contributed by atoms with Crippen LogP contribution in [0.3, 0.4) is 0 Å². The van der Waals surface area contributed by atoms with E-state index < -0.39 is 0 Å². The summed E-state index contributed by atoms with van der Waals surface area (Å²) < 4.78 is 0. The zero-order chi connectivity index (χ0) is 16.2. The van der Waals surface area contributed by atoms with Crippen molar-refractivity contribution in [2.75, 3.05) is 0 Å². The van der Waals surface area contributed by atoms with Crippen molar-refractivity contribution >= 4 is 17.3 Å². The van der Waals surface area contributed by atoms with Gasteiger partial charge in [-0.2, -0.15) is 0 Å². The Morgan fingerprint density at radius 1 is 1.27 bits per heavy atom. The van der Waals surface area contributed by atoms with Crippen LogP contribution in [-0.4, -0.2) is 17.3 Å². The van der Waals surface area contributed by atoms with Gasteiger partial charge in [0.05, 0.1) is 0 Å². The minimum Gasteiger partial charge on any atom is -0.299 e. The van der Waals surface area contributed by atoms with Crippen LogP contribution in [0.4, 0.5) is 0 Å². The summed E-state index contributed by atoms with van der Waals surface area (Å²) >= 11 is 0. The first-order valence-electron chi connectivity index (χ1n) is 8.23. The normalized spacial score (nSPS) is 42.9. The van der Waals surface area contributed by atoms with Crippen LogP contribution in [0.25, 0.3) is 0 Å². The van der Waals surface area contributed by atoms with Crippen molar-refractivity contribution in [2.24, 2.45) is 35.0 Å². The minimum atomic E-state index is -0.242. The van der Waals surface area contributed by atoms with Gasteiger partial charge in [-0.05, 0) is 60.7 Å². The molecular weight excluding hydrogens is 276 g/mol. The van der Waals surface area contributed by atoms with Crippen LogP contribution in [0.2, 0.25) is 0 Å². The van der Waals surface area contributed by atoms with E-state index in [1.165, 1.54) is 25.5 Å². The Morgan fingerprint density at radius 2 is 1.95 bits per heavy atom. The lowest BCUT2D eigenvalue weighted by atomic mass is 9.46. The highest BCUT2D eigenvalue weighted by atomic mass is 16.1. The molecule has 0 amide bonds. The number of allylic oxidation sites excluding steroid dienone is 3. The van der Waals surface area contributed by atoms with Crippen molar-refractivity contribution in [1.82, 2.24) is 0 Å². The Balaban J connectivity index is 1.84. The largest absolute Gasteiger partial charge is 0.299 e. The molecule has 0 heterocycles. The first-order valence-corrected chi connectivity index (χ1v) is 8.23. The van der Waals surface area contributed by atoms with Crippen LogP contribution in [0.1, 0.15) is 40.0 Å². The number of hydrogen-bond acceptors (Lipinski definition) is 3. The highest BCUT2D eigenvalue weighted by molar-refractivity contribution is 6.08. The molecule has 3 saturated carbocycles. The molecule has 0 spiro atoms. The zero-order valence-electron chi connectivity index (χ0n) is 13.6. The van der Waals surface area contributed by atoms with Gasteiger partial charge in [0.15, 0.2) is 11.6 Å². The summed E-state index contributed by atoms with van der Waals surface area (Å²) in [5.41, 5.74) is 0.269. The van der Waals surface area contributed by atoms with Crippen molar-refractivity contribution in [3.8, 4) is 0 Å². The van der Waals surface area contributed by atoms with E-state index in [1.54, 1.807) is 0 Å². The van der Waals surface area contributed by atoms with E-state index in [0.717, 1.165) is 6.42 Å². The molecule has 0 aromatic rings. The van der Waals surface area contributed by atoms with Crippen LogP contribution in [0.5, 0.6) is 0 Å². The lowest BCUT2D eigenvalue weighted by Gasteiger charge is -2.56. The Bertz CT molecular complexity index is 600. The van der Waals surface area contributed by atoms with E-state index in [4.69, 9.17) is 0 Å². The van der Waals surface area contributed by atoms with E-state index in [9.17, 15) is 14.4 Å². The SMILES string of the molecule is C=C(C(=O)/C=C/C(C)=O)[C@@H]1CC(=O)[C@@]2(C)[C@@H]1[C@@H]1[C@H](C)CC[C@@H]12. The molecule has 6 atom stereocenters. The quantitative estimate of drug-likeness (QED) is 0.749. The van der Waals surface area contributed by atoms with Crippen molar-refractivity contribution in [3.05, 3.63) is 24.3 Å². The van der Waals surface area contributed by atoms with Crippen molar-refractivity contribution in [2.45, 2.75) is 40.0 Å². The molecule has 3 rings (SSSR count). The second kappa shape index (κ2) is 5.00. The Morgan fingerprint density at radius 3 is 2.59 bits per heavy atom. The van der Waals surface area contributed by atoms with Gasteiger partial charge in [-0.25, -0.2) is 0 Å². The summed E-state index contributed by atoms with van der Waals surface area (Å²) in [4.78, 5) is 35.8. The van der Waals surface area contributed by atoms with Gasteiger partial charge in [0.2, 0.25) is 0 Å². The van der Waals surface area contributed by atoms with E-state index in [0.29, 0.717) is 35.5 Å². The molecule has 0 saturated heterocycles. The third-order valence-electron chi connectivity index (χ3n) is 6.61. The van der Waals surface area contributed by atoms with Gasteiger partial charge in [0, 0.05) is 11.8 Å². The van der Waals surface area contributed by atoms with E-state index >= 15 is 0 Å². The number of fused-ring (bicyclic) bond motifs is 4. The van der Waals surface area contributed by atoms with Crippen LogP contribution >= 0.6 is 0 Å². The maximum atomic E-state index is 12.6. The first kappa shape index (κ1) is 15.4. The summed E-state index contributed by atoms with van der Waals surface area (Å²) in [6.45, 7) is 9.76. The molecule has 0 N–H and O–H groups in total. The van der Waals surface area contributed by atoms with Gasteiger partial charge in [0.1, 0.15) is 5.78 Å². The molecule has 3 heteroatoms. The summed E-state index contributed by atoms with van der Waals surface area (Å²) in [7, 11) is 0. The van der Waals surface area contributed by atoms with Gasteiger partial charge < -0.3 is 0 Å². The lowest BCUT2D eigenvalue weighted by molar-refractivity contribution is -0.149. The van der Waals surface area contributed by atoms with Gasteiger partial charge in [-0.1, -0.05) is 26.8 Å². The van der Waals surface area contributed by atoms with Gasteiger partial charge >= 0.3 is 0 Å². The topological polar surface area (TPSA) is 51.2 Å². The molecule has 3 nitrogen and oxygen atoms in total.